The first-order valence-electron chi connectivity index (χ1n) is 10.6. The van der Waals surface area contributed by atoms with Gasteiger partial charge in [-0.25, -0.2) is 0 Å². The summed E-state index contributed by atoms with van der Waals surface area (Å²) in [5, 5.41) is 4.46. The molecule has 0 unspecified atom stereocenters. The quantitative estimate of drug-likeness (QED) is 0.502. The first-order chi connectivity index (χ1) is 14.9. The van der Waals surface area contributed by atoms with Crippen molar-refractivity contribution in [2.24, 2.45) is 0 Å². The van der Waals surface area contributed by atoms with Crippen molar-refractivity contribution in [3.05, 3.63) is 69.7 Å². The summed E-state index contributed by atoms with van der Waals surface area (Å²) in [5.74, 6) is 0.759. The van der Waals surface area contributed by atoms with E-state index in [-0.39, 0.29) is 23.6 Å². The highest BCUT2D eigenvalue weighted by Gasteiger charge is 2.28. The average Bonchev–Trinajstić information content (AvgIpc) is 3.27. The minimum absolute atomic E-state index is 0.0684. The lowest BCUT2D eigenvalue weighted by atomic mass is 10.1. The summed E-state index contributed by atoms with van der Waals surface area (Å²) in [7, 11) is 0. The van der Waals surface area contributed by atoms with Crippen LogP contribution in [0.5, 0.6) is 0 Å². The van der Waals surface area contributed by atoms with Crippen LogP contribution in [0.15, 0.2) is 48.5 Å². The van der Waals surface area contributed by atoms with E-state index in [4.69, 9.17) is 23.2 Å². The Morgan fingerprint density at radius 2 is 1.77 bits per heavy atom. The van der Waals surface area contributed by atoms with Crippen LogP contribution in [-0.2, 0) is 21.9 Å². The Morgan fingerprint density at radius 3 is 2.45 bits per heavy atom. The molecule has 0 radical (unpaired) electrons. The van der Waals surface area contributed by atoms with Gasteiger partial charge in [0.1, 0.15) is 6.04 Å². The lowest BCUT2D eigenvalue weighted by Gasteiger charge is -2.29. The Labute approximate surface area is 198 Å². The zero-order chi connectivity index (χ0) is 22.2. The molecule has 0 bridgehead atoms. The maximum absolute atomic E-state index is 13.1. The summed E-state index contributed by atoms with van der Waals surface area (Å²) in [4.78, 5) is 27.7. The molecule has 3 rings (SSSR count). The Morgan fingerprint density at radius 1 is 1.10 bits per heavy atom. The molecule has 1 fully saturated rings. The topological polar surface area (TPSA) is 49.4 Å². The normalized spacial score (nSPS) is 14.9. The molecule has 1 aliphatic carbocycles. The largest absolute Gasteiger partial charge is 0.352 e. The number of thioether (sulfide) groups is 1. The predicted molar refractivity (Wildman–Crippen MR) is 129 cm³/mol. The minimum atomic E-state index is -0.551. The molecule has 0 heterocycles. The van der Waals surface area contributed by atoms with Crippen molar-refractivity contribution in [2.75, 3.05) is 5.75 Å². The summed E-state index contributed by atoms with van der Waals surface area (Å²) in [6.07, 6.45) is 4.31. The van der Waals surface area contributed by atoms with Gasteiger partial charge in [-0.1, -0.05) is 66.4 Å². The van der Waals surface area contributed by atoms with E-state index < -0.39 is 6.04 Å². The number of hydrogen-bond acceptors (Lipinski definition) is 3. The van der Waals surface area contributed by atoms with Crippen LogP contribution in [0.1, 0.15) is 43.7 Å². The Hall–Kier alpha value is -1.69. The molecular formula is C24H28Cl2N2O2S. The van der Waals surface area contributed by atoms with Gasteiger partial charge in [-0.2, -0.15) is 0 Å². The van der Waals surface area contributed by atoms with E-state index in [0.717, 1.165) is 36.8 Å². The number of carbonyl (C=O) groups excluding carboxylic acids is 2. The van der Waals surface area contributed by atoms with E-state index >= 15 is 0 Å². The van der Waals surface area contributed by atoms with Crippen LogP contribution in [0.25, 0.3) is 0 Å². The molecule has 7 heteroatoms. The molecule has 1 atom stereocenters. The van der Waals surface area contributed by atoms with Crippen LogP contribution >= 0.6 is 35.0 Å². The number of amides is 2. The summed E-state index contributed by atoms with van der Waals surface area (Å²) in [6, 6.07) is 14.7. The van der Waals surface area contributed by atoms with Crippen molar-refractivity contribution in [3.8, 4) is 0 Å². The zero-order valence-corrected chi connectivity index (χ0v) is 20.0. The molecule has 0 aromatic heterocycles. The van der Waals surface area contributed by atoms with Crippen molar-refractivity contribution in [1.29, 1.82) is 0 Å². The van der Waals surface area contributed by atoms with Gasteiger partial charge in [0.25, 0.3) is 0 Å². The molecule has 2 aromatic rings. The molecular weight excluding hydrogens is 451 g/mol. The molecule has 2 amide bonds. The second kappa shape index (κ2) is 11.8. The Kier molecular flexibility index (Phi) is 9.12. The summed E-state index contributed by atoms with van der Waals surface area (Å²) in [6.45, 7) is 2.17. The third-order valence-electron chi connectivity index (χ3n) is 5.58. The molecule has 31 heavy (non-hydrogen) atoms. The first kappa shape index (κ1) is 24.0. The van der Waals surface area contributed by atoms with Gasteiger partial charge in [-0.3, -0.25) is 9.59 Å². The molecule has 166 valence electrons. The predicted octanol–water partition coefficient (Wildman–Crippen LogP) is 5.70. The van der Waals surface area contributed by atoms with Crippen molar-refractivity contribution < 1.29 is 9.59 Å². The second-order valence-electron chi connectivity index (χ2n) is 7.90. The van der Waals surface area contributed by atoms with E-state index in [9.17, 15) is 9.59 Å². The molecule has 2 aromatic carbocycles. The Bertz CT molecular complexity index is 885. The summed E-state index contributed by atoms with van der Waals surface area (Å²) >= 11 is 13.7. The average molecular weight is 479 g/mol. The van der Waals surface area contributed by atoms with Gasteiger partial charge >= 0.3 is 0 Å². The van der Waals surface area contributed by atoms with Crippen molar-refractivity contribution >= 4 is 46.8 Å². The SMILES string of the molecule is C[C@@H](C(=O)NC1CCCC1)N(Cc1ccc(Cl)cc1)C(=O)CSCc1ccccc1Cl. The lowest BCUT2D eigenvalue weighted by Crippen LogP contribution is -2.50. The molecule has 0 aliphatic heterocycles. The van der Waals surface area contributed by atoms with E-state index in [2.05, 4.69) is 5.32 Å². The fraction of sp³-hybridized carbons (Fsp3) is 0.417. The molecule has 1 aliphatic rings. The van der Waals surface area contributed by atoms with Crippen LogP contribution in [0.4, 0.5) is 0 Å². The van der Waals surface area contributed by atoms with E-state index in [0.29, 0.717) is 22.3 Å². The standard InChI is InChI=1S/C24H28Cl2N2O2S/c1-17(24(30)27-21-7-3-4-8-21)28(14-18-10-12-20(25)13-11-18)23(29)16-31-15-19-6-2-5-9-22(19)26/h2,5-6,9-13,17,21H,3-4,7-8,14-16H2,1H3,(H,27,30)/t17-/m0/s1. The van der Waals surface area contributed by atoms with E-state index in [1.54, 1.807) is 24.0 Å². The van der Waals surface area contributed by atoms with Crippen LogP contribution in [0, 0.1) is 0 Å². The van der Waals surface area contributed by atoms with Gasteiger partial charge in [-0.15, -0.1) is 11.8 Å². The lowest BCUT2D eigenvalue weighted by molar-refractivity contribution is -0.138. The van der Waals surface area contributed by atoms with Crippen LogP contribution in [0.2, 0.25) is 10.0 Å². The molecule has 1 N–H and O–H groups in total. The van der Waals surface area contributed by atoms with Crippen LogP contribution in [0.3, 0.4) is 0 Å². The van der Waals surface area contributed by atoms with Gasteiger partial charge in [0.2, 0.25) is 11.8 Å². The molecule has 0 spiro atoms. The maximum Gasteiger partial charge on any atom is 0.242 e. The molecule has 1 saturated carbocycles. The van der Waals surface area contributed by atoms with Crippen molar-refractivity contribution in [3.63, 3.8) is 0 Å². The smallest absolute Gasteiger partial charge is 0.242 e. The number of benzene rings is 2. The second-order valence-corrected chi connectivity index (χ2v) is 9.73. The van der Waals surface area contributed by atoms with Gasteiger partial charge in [-0.05, 0) is 49.1 Å². The molecule has 0 saturated heterocycles. The minimum Gasteiger partial charge on any atom is -0.352 e. The maximum atomic E-state index is 13.1. The highest BCUT2D eigenvalue weighted by molar-refractivity contribution is 7.99. The van der Waals surface area contributed by atoms with Crippen LogP contribution in [-0.4, -0.2) is 34.6 Å². The fourth-order valence-corrected chi connectivity index (χ4v) is 5.03. The van der Waals surface area contributed by atoms with E-state index in [1.165, 1.54) is 11.8 Å². The van der Waals surface area contributed by atoms with Gasteiger partial charge in [0.05, 0.1) is 5.75 Å². The number of rotatable bonds is 9. The Balaban J connectivity index is 1.65. The first-order valence-corrected chi connectivity index (χ1v) is 12.5. The number of carbonyl (C=O) groups is 2. The number of hydrogen-bond donors (Lipinski definition) is 1. The summed E-state index contributed by atoms with van der Waals surface area (Å²) in [5.41, 5.74) is 1.94. The third-order valence-corrected chi connectivity index (χ3v) is 7.16. The monoisotopic (exact) mass is 478 g/mol. The summed E-state index contributed by atoms with van der Waals surface area (Å²) < 4.78 is 0. The van der Waals surface area contributed by atoms with Crippen molar-refractivity contribution in [1.82, 2.24) is 10.2 Å². The van der Waals surface area contributed by atoms with Gasteiger partial charge in [0.15, 0.2) is 0 Å². The van der Waals surface area contributed by atoms with Gasteiger partial charge < -0.3 is 10.2 Å². The van der Waals surface area contributed by atoms with Crippen molar-refractivity contribution in [2.45, 2.75) is 57.0 Å². The third kappa shape index (κ3) is 7.16. The highest BCUT2D eigenvalue weighted by Crippen LogP contribution is 2.22. The highest BCUT2D eigenvalue weighted by atomic mass is 35.5. The number of halogens is 2. The number of nitrogens with one attached hydrogen (secondary N) is 1. The van der Waals surface area contributed by atoms with Crippen LogP contribution < -0.4 is 5.32 Å². The number of nitrogens with zero attached hydrogens (tertiary/aromatic N) is 1. The van der Waals surface area contributed by atoms with E-state index in [1.807, 2.05) is 36.4 Å². The molecule has 4 nitrogen and oxygen atoms in total. The van der Waals surface area contributed by atoms with Gasteiger partial charge in [0, 0.05) is 28.4 Å². The fourth-order valence-electron chi connectivity index (χ4n) is 3.71. The zero-order valence-electron chi connectivity index (χ0n) is 17.7.